The van der Waals surface area contributed by atoms with E-state index in [1.165, 1.54) is 16.8 Å². The quantitative estimate of drug-likeness (QED) is 0.833. The molecule has 0 amide bonds. The Balaban J connectivity index is 1.97. The van der Waals surface area contributed by atoms with Gasteiger partial charge in [-0.15, -0.1) is 0 Å². The van der Waals surface area contributed by atoms with Gasteiger partial charge in [-0.05, 0) is 12.8 Å². The zero-order chi connectivity index (χ0) is 14.2. The van der Waals surface area contributed by atoms with Gasteiger partial charge in [0.25, 0.3) is 10.0 Å². The number of imidazole rings is 1. The molecule has 0 bridgehead atoms. The molecule has 20 heavy (non-hydrogen) atoms. The van der Waals surface area contributed by atoms with Gasteiger partial charge in [0.1, 0.15) is 0 Å². The molecule has 3 heterocycles. The lowest BCUT2D eigenvalue weighted by Crippen LogP contribution is -2.31. The molecule has 3 rings (SSSR count). The van der Waals surface area contributed by atoms with Gasteiger partial charge < -0.3 is 4.57 Å². The van der Waals surface area contributed by atoms with Crippen LogP contribution in [0.2, 0.25) is 0 Å². The van der Waals surface area contributed by atoms with Crippen molar-refractivity contribution in [2.45, 2.75) is 23.9 Å². The van der Waals surface area contributed by atoms with Gasteiger partial charge in [-0.25, -0.2) is 13.4 Å². The molecule has 1 atom stereocenters. The fraction of sp³-hybridized carbons (Fsp3) is 0.417. The molecular formula is C12H15N5O2S. The van der Waals surface area contributed by atoms with Gasteiger partial charge in [-0.2, -0.15) is 4.31 Å². The molecule has 106 valence electrons. The van der Waals surface area contributed by atoms with E-state index in [1.54, 1.807) is 30.2 Å². The highest BCUT2D eigenvalue weighted by atomic mass is 32.2. The van der Waals surface area contributed by atoms with Gasteiger partial charge in [-0.1, -0.05) is 0 Å². The fourth-order valence-electron chi connectivity index (χ4n) is 2.45. The lowest BCUT2D eigenvalue weighted by atomic mass is 10.2. The maximum absolute atomic E-state index is 12.6. The summed E-state index contributed by atoms with van der Waals surface area (Å²) in [6, 6.07) is -0.254. The van der Waals surface area contributed by atoms with Crippen molar-refractivity contribution in [2.75, 3.05) is 6.54 Å². The second-order valence-corrected chi connectivity index (χ2v) is 6.62. The lowest BCUT2D eigenvalue weighted by molar-refractivity contribution is 0.388. The van der Waals surface area contributed by atoms with E-state index in [4.69, 9.17) is 0 Å². The SMILES string of the molecule is Cn1cnc(S(=O)(=O)N2CCC[C@H]2c2cnccn2)c1. The number of aromatic nitrogens is 4. The van der Waals surface area contributed by atoms with E-state index in [-0.39, 0.29) is 11.1 Å². The number of hydrogen-bond acceptors (Lipinski definition) is 5. The molecule has 1 aliphatic rings. The lowest BCUT2D eigenvalue weighted by Gasteiger charge is -2.22. The van der Waals surface area contributed by atoms with Crippen molar-refractivity contribution >= 4 is 10.0 Å². The van der Waals surface area contributed by atoms with Crippen LogP contribution >= 0.6 is 0 Å². The molecule has 0 N–H and O–H groups in total. The Kier molecular flexibility index (Phi) is 3.27. The Labute approximate surface area is 117 Å². The number of rotatable bonds is 3. The molecule has 0 saturated carbocycles. The first kappa shape index (κ1) is 13.2. The predicted octanol–water partition coefficient (Wildman–Crippen LogP) is 0.736. The van der Waals surface area contributed by atoms with Crippen molar-refractivity contribution in [3.63, 3.8) is 0 Å². The van der Waals surface area contributed by atoms with Crippen LogP contribution in [-0.4, -0.2) is 38.8 Å². The third-order valence-corrected chi connectivity index (χ3v) is 5.18. The average molecular weight is 293 g/mol. The Morgan fingerprint density at radius 2 is 2.15 bits per heavy atom. The van der Waals surface area contributed by atoms with E-state index >= 15 is 0 Å². The highest BCUT2D eigenvalue weighted by Crippen LogP contribution is 2.34. The molecule has 0 spiro atoms. The number of hydrogen-bond donors (Lipinski definition) is 0. The maximum atomic E-state index is 12.6. The number of aryl methyl sites for hydroxylation is 1. The van der Waals surface area contributed by atoms with E-state index in [0.717, 1.165) is 12.8 Å². The van der Waals surface area contributed by atoms with Gasteiger partial charge in [0, 0.05) is 32.2 Å². The molecule has 8 heteroatoms. The molecule has 0 radical (unpaired) electrons. The minimum Gasteiger partial charge on any atom is -0.339 e. The summed E-state index contributed by atoms with van der Waals surface area (Å²) < 4.78 is 28.4. The number of nitrogens with zero attached hydrogens (tertiary/aromatic N) is 5. The second-order valence-electron chi connectivity index (χ2n) is 4.78. The van der Waals surface area contributed by atoms with E-state index in [9.17, 15) is 8.42 Å². The van der Waals surface area contributed by atoms with Crippen molar-refractivity contribution in [1.82, 2.24) is 23.8 Å². The zero-order valence-electron chi connectivity index (χ0n) is 11.0. The van der Waals surface area contributed by atoms with Gasteiger partial charge in [0.05, 0.1) is 24.3 Å². The van der Waals surface area contributed by atoms with Crippen LogP contribution in [-0.2, 0) is 17.1 Å². The zero-order valence-corrected chi connectivity index (χ0v) is 11.9. The average Bonchev–Trinajstić information content (AvgIpc) is 3.08. The molecule has 1 fully saturated rings. The van der Waals surface area contributed by atoms with Crippen molar-refractivity contribution in [1.29, 1.82) is 0 Å². The molecule has 1 aliphatic heterocycles. The van der Waals surface area contributed by atoms with Crippen LogP contribution in [0.25, 0.3) is 0 Å². The summed E-state index contributed by atoms with van der Waals surface area (Å²) in [6.07, 6.45) is 9.35. The monoisotopic (exact) mass is 293 g/mol. The minimum absolute atomic E-state index is 0.0794. The summed E-state index contributed by atoms with van der Waals surface area (Å²) in [4.78, 5) is 12.2. The van der Waals surface area contributed by atoms with Crippen LogP contribution in [0.3, 0.4) is 0 Å². The second kappa shape index (κ2) is 4.95. The smallest absolute Gasteiger partial charge is 0.262 e. The van der Waals surface area contributed by atoms with E-state index < -0.39 is 10.0 Å². The molecular weight excluding hydrogens is 278 g/mol. The fourth-order valence-corrected chi connectivity index (χ4v) is 4.09. The molecule has 7 nitrogen and oxygen atoms in total. The summed E-state index contributed by atoms with van der Waals surface area (Å²) in [6.45, 7) is 0.486. The van der Waals surface area contributed by atoms with Crippen molar-refractivity contribution in [2.24, 2.45) is 7.05 Å². The Hall–Kier alpha value is -1.80. The molecule has 2 aromatic heterocycles. The molecule has 1 saturated heterocycles. The predicted molar refractivity (Wildman–Crippen MR) is 71.1 cm³/mol. The summed E-state index contributed by atoms with van der Waals surface area (Å²) in [5.74, 6) is 0. The highest BCUT2D eigenvalue weighted by molar-refractivity contribution is 7.89. The van der Waals surface area contributed by atoms with Crippen LogP contribution in [0.5, 0.6) is 0 Å². The summed E-state index contributed by atoms with van der Waals surface area (Å²) in [5, 5.41) is 0.0794. The summed E-state index contributed by atoms with van der Waals surface area (Å²) >= 11 is 0. The summed E-state index contributed by atoms with van der Waals surface area (Å²) in [5.41, 5.74) is 0.685. The normalized spacial score (nSPS) is 20.4. The minimum atomic E-state index is -3.58. The Morgan fingerprint density at radius 3 is 2.80 bits per heavy atom. The van der Waals surface area contributed by atoms with E-state index in [1.807, 2.05) is 0 Å². The van der Waals surface area contributed by atoms with Crippen LogP contribution in [0.4, 0.5) is 0 Å². The van der Waals surface area contributed by atoms with Gasteiger partial charge in [-0.3, -0.25) is 9.97 Å². The highest BCUT2D eigenvalue weighted by Gasteiger charge is 2.38. The first-order chi connectivity index (χ1) is 9.59. The van der Waals surface area contributed by atoms with Crippen molar-refractivity contribution in [3.05, 3.63) is 36.8 Å². The largest absolute Gasteiger partial charge is 0.339 e. The number of sulfonamides is 1. The third kappa shape index (κ3) is 2.20. The van der Waals surface area contributed by atoms with Gasteiger partial charge in [0.15, 0.2) is 5.03 Å². The Morgan fingerprint density at radius 1 is 1.30 bits per heavy atom. The van der Waals surface area contributed by atoms with Crippen molar-refractivity contribution < 1.29 is 8.42 Å². The standard InChI is InChI=1S/C12H15N5O2S/c1-16-8-12(15-9-16)20(18,19)17-6-2-3-11(17)10-7-13-4-5-14-10/h4-5,7-9,11H,2-3,6H2,1H3/t11-/m0/s1. The van der Waals surface area contributed by atoms with Crippen molar-refractivity contribution in [3.8, 4) is 0 Å². The first-order valence-corrected chi connectivity index (χ1v) is 7.79. The molecule has 2 aromatic rings. The van der Waals surface area contributed by atoms with Crippen LogP contribution in [0.15, 0.2) is 36.1 Å². The molecule has 0 unspecified atom stereocenters. The maximum Gasteiger partial charge on any atom is 0.262 e. The molecule has 0 aliphatic carbocycles. The van der Waals surface area contributed by atoms with Crippen LogP contribution < -0.4 is 0 Å². The van der Waals surface area contributed by atoms with E-state index in [0.29, 0.717) is 12.2 Å². The topological polar surface area (TPSA) is 81.0 Å². The summed E-state index contributed by atoms with van der Waals surface area (Å²) in [7, 11) is -1.84. The molecule has 0 aromatic carbocycles. The first-order valence-electron chi connectivity index (χ1n) is 6.35. The van der Waals surface area contributed by atoms with Crippen LogP contribution in [0, 0.1) is 0 Å². The van der Waals surface area contributed by atoms with E-state index in [2.05, 4.69) is 15.0 Å². The Bertz CT molecular complexity index is 698. The van der Waals surface area contributed by atoms with Gasteiger partial charge in [0.2, 0.25) is 0 Å². The van der Waals surface area contributed by atoms with Crippen LogP contribution in [0.1, 0.15) is 24.6 Å². The third-order valence-electron chi connectivity index (χ3n) is 3.38. The van der Waals surface area contributed by atoms with Gasteiger partial charge >= 0.3 is 0 Å².